The summed E-state index contributed by atoms with van der Waals surface area (Å²) in [4.78, 5) is 3.89. The van der Waals surface area contributed by atoms with Gasteiger partial charge in [-0.1, -0.05) is 13.8 Å². The molecule has 1 aliphatic carbocycles. The molecule has 1 fully saturated rings. The van der Waals surface area contributed by atoms with E-state index in [9.17, 15) is 0 Å². The fourth-order valence-electron chi connectivity index (χ4n) is 2.18. The Bertz CT molecular complexity index is 279. The second-order valence-electron chi connectivity index (χ2n) is 4.95. The molecule has 2 rings (SSSR count). The van der Waals surface area contributed by atoms with E-state index in [0.29, 0.717) is 11.5 Å². The van der Waals surface area contributed by atoms with Crippen LogP contribution in [0.5, 0.6) is 0 Å². The van der Waals surface area contributed by atoms with E-state index in [1.54, 1.807) is 6.20 Å². The van der Waals surface area contributed by atoms with Crippen LogP contribution in [0.1, 0.15) is 38.9 Å². The number of oxazole rings is 1. The van der Waals surface area contributed by atoms with Crippen molar-refractivity contribution in [3.63, 3.8) is 0 Å². The molecule has 1 aliphatic rings. The van der Waals surface area contributed by atoms with Crippen LogP contribution in [0.15, 0.2) is 17.0 Å². The molecule has 0 amide bonds. The molecule has 0 saturated heterocycles. The van der Waals surface area contributed by atoms with Gasteiger partial charge in [-0.15, -0.1) is 0 Å². The Balaban J connectivity index is 1.78. The number of rotatable bonds is 3. The number of aromatic nitrogens is 1. The first-order chi connectivity index (χ1) is 6.66. The third kappa shape index (κ3) is 2.35. The minimum Gasteiger partial charge on any atom is -0.447 e. The van der Waals surface area contributed by atoms with E-state index in [1.165, 1.54) is 25.7 Å². The van der Waals surface area contributed by atoms with Crippen molar-refractivity contribution in [2.24, 2.45) is 5.41 Å². The molecule has 14 heavy (non-hydrogen) atoms. The highest BCUT2D eigenvalue weighted by molar-refractivity contribution is 4.91. The topological polar surface area (TPSA) is 38.1 Å². The molecule has 0 aliphatic heterocycles. The molecule has 0 spiro atoms. The molecule has 0 aromatic carbocycles. The van der Waals surface area contributed by atoms with Gasteiger partial charge >= 0.3 is 0 Å². The first-order valence-electron chi connectivity index (χ1n) is 5.26. The van der Waals surface area contributed by atoms with Crippen LogP contribution in [-0.4, -0.2) is 11.0 Å². The van der Waals surface area contributed by atoms with E-state index in [2.05, 4.69) is 24.1 Å². The van der Waals surface area contributed by atoms with Crippen LogP contribution in [0.25, 0.3) is 0 Å². The highest BCUT2D eigenvalue weighted by Gasteiger charge is 2.30. The highest BCUT2D eigenvalue weighted by atomic mass is 16.3. The summed E-state index contributed by atoms with van der Waals surface area (Å²) in [5, 5.41) is 3.51. The van der Waals surface area contributed by atoms with E-state index >= 15 is 0 Å². The molecule has 1 aromatic heterocycles. The van der Waals surface area contributed by atoms with E-state index in [4.69, 9.17) is 4.42 Å². The van der Waals surface area contributed by atoms with E-state index in [-0.39, 0.29) is 0 Å². The maximum absolute atomic E-state index is 5.17. The molecular formula is C11H18N2O. The van der Waals surface area contributed by atoms with Gasteiger partial charge in [0.15, 0.2) is 6.39 Å². The molecule has 1 atom stereocenters. The van der Waals surface area contributed by atoms with Gasteiger partial charge in [-0.25, -0.2) is 4.98 Å². The van der Waals surface area contributed by atoms with Crippen molar-refractivity contribution in [3.05, 3.63) is 18.4 Å². The Kier molecular flexibility index (Phi) is 2.59. The summed E-state index contributed by atoms with van der Waals surface area (Å²) in [5.41, 5.74) is 0.513. The van der Waals surface area contributed by atoms with Gasteiger partial charge in [0.05, 0.1) is 12.7 Å². The van der Waals surface area contributed by atoms with Gasteiger partial charge in [0.25, 0.3) is 0 Å². The minimum absolute atomic E-state index is 0.513. The molecule has 1 unspecified atom stereocenters. The highest BCUT2D eigenvalue weighted by Crippen LogP contribution is 2.36. The maximum Gasteiger partial charge on any atom is 0.180 e. The van der Waals surface area contributed by atoms with Crippen molar-refractivity contribution in [2.45, 2.75) is 45.7 Å². The summed E-state index contributed by atoms with van der Waals surface area (Å²) in [5.74, 6) is 0.926. The maximum atomic E-state index is 5.17. The zero-order valence-electron chi connectivity index (χ0n) is 8.92. The monoisotopic (exact) mass is 194 g/mol. The smallest absolute Gasteiger partial charge is 0.180 e. The van der Waals surface area contributed by atoms with Crippen LogP contribution < -0.4 is 5.32 Å². The van der Waals surface area contributed by atoms with Crippen molar-refractivity contribution in [3.8, 4) is 0 Å². The van der Waals surface area contributed by atoms with Gasteiger partial charge in [0, 0.05) is 6.04 Å². The second-order valence-corrected chi connectivity index (χ2v) is 4.95. The van der Waals surface area contributed by atoms with E-state index < -0.39 is 0 Å². The van der Waals surface area contributed by atoms with Crippen LogP contribution in [0.4, 0.5) is 0 Å². The second kappa shape index (κ2) is 3.73. The molecule has 1 heterocycles. The van der Waals surface area contributed by atoms with Crippen LogP contribution in [-0.2, 0) is 6.54 Å². The summed E-state index contributed by atoms with van der Waals surface area (Å²) in [6, 6.07) is 0.648. The fraction of sp³-hybridized carbons (Fsp3) is 0.727. The van der Waals surface area contributed by atoms with Crippen LogP contribution >= 0.6 is 0 Å². The minimum atomic E-state index is 0.513. The van der Waals surface area contributed by atoms with Crippen LogP contribution in [0.2, 0.25) is 0 Å². The van der Waals surface area contributed by atoms with E-state index in [0.717, 1.165) is 12.3 Å². The Morgan fingerprint density at radius 2 is 2.50 bits per heavy atom. The predicted octanol–water partition coefficient (Wildman–Crippen LogP) is 2.34. The number of nitrogens with one attached hydrogen (secondary N) is 1. The van der Waals surface area contributed by atoms with Gasteiger partial charge in [-0.05, 0) is 24.7 Å². The Hall–Kier alpha value is -0.830. The van der Waals surface area contributed by atoms with Crippen molar-refractivity contribution >= 4 is 0 Å². The third-order valence-electron chi connectivity index (χ3n) is 3.02. The molecule has 3 heteroatoms. The number of hydrogen-bond acceptors (Lipinski definition) is 3. The molecular weight excluding hydrogens is 176 g/mol. The van der Waals surface area contributed by atoms with Crippen molar-refractivity contribution in [1.29, 1.82) is 0 Å². The van der Waals surface area contributed by atoms with Crippen molar-refractivity contribution in [1.82, 2.24) is 10.3 Å². The van der Waals surface area contributed by atoms with Gasteiger partial charge in [-0.2, -0.15) is 0 Å². The van der Waals surface area contributed by atoms with Gasteiger partial charge in [0.2, 0.25) is 0 Å². The van der Waals surface area contributed by atoms with Crippen molar-refractivity contribution in [2.75, 3.05) is 0 Å². The van der Waals surface area contributed by atoms with Gasteiger partial charge in [0.1, 0.15) is 5.76 Å². The Labute approximate surface area is 84.9 Å². The number of hydrogen-bond donors (Lipinski definition) is 1. The molecule has 0 bridgehead atoms. The fourth-order valence-corrected chi connectivity index (χ4v) is 2.18. The van der Waals surface area contributed by atoms with Crippen LogP contribution in [0.3, 0.4) is 0 Å². The molecule has 1 saturated carbocycles. The summed E-state index contributed by atoms with van der Waals surface area (Å²) in [7, 11) is 0. The lowest BCUT2D eigenvalue weighted by Crippen LogP contribution is -2.26. The SMILES string of the molecule is CC1(C)CCC(NCc2cnco2)C1. The van der Waals surface area contributed by atoms with E-state index in [1.807, 2.05) is 0 Å². The van der Waals surface area contributed by atoms with Crippen molar-refractivity contribution < 1.29 is 4.42 Å². The van der Waals surface area contributed by atoms with Gasteiger partial charge < -0.3 is 9.73 Å². The zero-order chi connectivity index (χ0) is 10.0. The summed E-state index contributed by atoms with van der Waals surface area (Å²) in [6.07, 6.45) is 7.12. The van der Waals surface area contributed by atoms with Gasteiger partial charge in [-0.3, -0.25) is 0 Å². The Morgan fingerprint density at radius 1 is 1.64 bits per heavy atom. The lowest BCUT2D eigenvalue weighted by atomic mass is 9.92. The standard InChI is InChI=1S/C11H18N2O/c1-11(2)4-3-9(5-11)13-7-10-6-12-8-14-10/h6,8-9,13H,3-5,7H2,1-2H3. The molecule has 78 valence electrons. The summed E-state index contributed by atoms with van der Waals surface area (Å²) < 4.78 is 5.17. The lowest BCUT2D eigenvalue weighted by Gasteiger charge is -2.17. The zero-order valence-corrected chi connectivity index (χ0v) is 8.92. The average molecular weight is 194 g/mol. The van der Waals surface area contributed by atoms with Crippen LogP contribution in [0, 0.1) is 5.41 Å². The first kappa shape index (κ1) is 9.71. The molecule has 3 nitrogen and oxygen atoms in total. The Morgan fingerprint density at radius 3 is 3.07 bits per heavy atom. The normalized spacial score (nSPS) is 25.4. The predicted molar refractivity (Wildman–Crippen MR) is 54.8 cm³/mol. The third-order valence-corrected chi connectivity index (χ3v) is 3.02. The number of nitrogens with zero attached hydrogens (tertiary/aromatic N) is 1. The lowest BCUT2D eigenvalue weighted by molar-refractivity contribution is 0.359. The average Bonchev–Trinajstić information content (AvgIpc) is 2.70. The molecule has 1 N–H and O–H groups in total. The molecule has 1 aromatic rings. The molecule has 0 radical (unpaired) electrons. The first-order valence-corrected chi connectivity index (χ1v) is 5.26. The quantitative estimate of drug-likeness (QED) is 0.802. The largest absolute Gasteiger partial charge is 0.447 e. The summed E-state index contributed by atoms with van der Waals surface area (Å²) >= 11 is 0. The summed E-state index contributed by atoms with van der Waals surface area (Å²) in [6.45, 7) is 5.48.